The Labute approximate surface area is 88.8 Å². The van der Waals surface area contributed by atoms with E-state index in [9.17, 15) is 0 Å². The first-order valence-corrected chi connectivity index (χ1v) is 4.87. The smallest absolute Gasteiger partial charge is 0.139 e. The molecule has 4 N–H and O–H groups in total. The molecule has 1 heterocycles. The first kappa shape index (κ1) is 11.5. The lowest BCUT2D eigenvalue weighted by Gasteiger charge is -2.01. The van der Waals surface area contributed by atoms with Crippen LogP contribution in [0.25, 0.3) is 0 Å². The molecule has 1 aromatic rings. The van der Waals surface area contributed by atoms with Crippen LogP contribution >= 0.6 is 0 Å². The van der Waals surface area contributed by atoms with Crippen molar-refractivity contribution >= 4 is 5.84 Å². The summed E-state index contributed by atoms with van der Waals surface area (Å²) in [6.45, 7) is 1.63. The average Bonchev–Trinajstić information content (AvgIpc) is 2.63. The maximum atomic E-state index is 8.30. The summed E-state index contributed by atoms with van der Waals surface area (Å²) in [6.07, 6.45) is 5.26. The summed E-state index contributed by atoms with van der Waals surface area (Å²) >= 11 is 0. The number of nitrogens with two attached hydrogens (primary N) is 1. The van der Waals surface area contributed by atoms with Crippen LogP contribution in [0.1, 0.15) is 18.4 Å². The van der Waals surface area contributed by atoms with Crippen LogP contribution in [0.2, 0.25) is 0 Å². The number of rotatable bonds is 6. The van der Waals surface area contributed by atoms with E-state index in [4.69, 9.17) is 10.9 Å². The summed E-state index contributed by atoms with van der Waals surface area (Å²) in [6, 6.07) is 0. The Hall–Kier alpha value is -1.56. The Bertz CT molecular complexity index is 320. The maximum absolute atomic E-state index is 8.30. The Morgan fingerprint density at radius 3 is 3.13 bits per heavy atom. The van der Waals surface area contributed by atoms with Gasteiger partial charge in [-0.05, 0) is 13.0 Å². The van der Waals surface area contributed by atoms with Gasteiger partial charge in [-0.1, -0.05) is 5.16 Å². The minimum absolute atomic E-state index is 0.276. The van der Waals surface area contributed by atoms with Crippen molar-refractivity contribution < 1.29 is 5.21 Å². The molecule has 0 radical (unpaired) electrons. The van der Waals surface area contributed by atoms with Crippen molar-refractivity contribution in [2.75, 3.05) is 6.54 Å². The summed E-state index contributed by atoms with van der Waals surface area (Å²) in [5, 5.41) is 18.5. The summed E-state index contributed by atoms with van der Waals surface area (Å²) in [5.41, 5.74) is 6.48. The average molecular weight is 211 g/mol. The van der Waals surface area contributed by atoms with Gasteiger partial charge in [0.05, 0.1) is 6.20 Å². The topological polar surface area (TPSA) is 88.5 Å². The van der Waals surface area contributed by atoms with Gasteiger partial charge in [0.2, 0.25) is 0 Å². The molecule has 6 heteroatoms. The zero-order valence-electron chi connectivity index (χ0n) is 8.85. The number of nitrogens with one attached hydrogen (secondary N) is 1. The van der Waals surface area contributed by atoms with E-state index in [-0.39, 0.29) is 5.84 Å². The number of oxime groups is 1. The third-order valence-corrected chi connectivity index (χ3v) is 2.00. The van der Waals surface area contributed by atoms with Crippen molar-refractivity contribution in [2.45, 2.75) is 19.4 Å². The zero-order chi connectivity index (χ0) is 11.1. The highest BCUT2D eigenvalue weighted by Crippen LogP contribution is 1.95. The fraction of sp³-hybridized carbons (Fsp3) is 0.556. The van der Waals surface area contributed by atoms with Crippen molar-refractivity contribution in [3.63, 3.8) is 0 Å². The zero-order valence-corrected chi connectivity index (χ0v) is 8.85. The van der Waals surface area contributed by atoms with E-state index >= 15 is 0 Å². The molecule has 0 aliphatic carbocycles. The minimum atomic E-state index is 0.276. The van der Waals surface area contributed by atoms with Gasteiger partial charge in [-0.2, -0.15) is 5.10 Å². The molecule has 0 spiro atoms. The lowest BCUT2D eigenvalue weighted by Crippen LogP contribution is -2.18. The largest absolute Gasteiger partial charge is 0.409 e. The Morgan fingerprint density at radius 1 is 1.73 bits per heavy atom. The Morgan fingerprint density at radius 2 is 2.53 bits per heavy atom. The van der Waals surface area contributed by atoms with Crippen LogP contribution in [0.3, 0.4) is 0 Å². The van der Waals surface area contributed by atoms with Gasteiger partial charge in [-0.25, -0.2) is 0 Å². The second kappa shape index (κ2) is 6.02. The second-order valence-electron chi connectivity index (χ2n) is 3.39. The molecule has 0 saturated carbocycles. The van der Waals surface area contributed by atoms with E-state index in [1.54, 1.807) is 4.68 Å². The van der Waals surface area contributed by atoms with Crippen LogP contribution in [0.4, 0.5) is 0 Å². The predicted molar refractivity (Wildman–Crippen MR) is 57.6 cm³/mol. The third kappa shape index (κ3) is 4.46. The highest BCUT2D eigenvalue weighted by molar-refractivity contribution is 5.79. The van der Waals surface area contributed by atoms with Gasteiger partial charge < -0.3 is 16.3 Å². The molecule has 0 aliphatic heterocycles. The molecule has 0 atom stereocenters. The molecule has 0 aromatic carbocycles. The molecule has 1 aromatic heterocycles. The fourth-order valence-electron chi connectivity index (χ4n) is 1.24. The van der Waals surface area contributed by atoms with Crippen molar-refractivity contribution in [1.29, 1.82) is 0 Å². The monoisotopic (exact) mass is 211 g/mol. The van der Waals surface area contributed by atoms with Gasteiger partial charge >= 0.3 is 0 Å². The molecule has 15 heavy (non-hydrogen) atoms. The first-order valence-electron chi connectivity index (χ1n) is 4.87. The molecule has 0 amide bonds. The van der Waals surface area contributed by atoms with E-state index < -0.39 is 0 Å². The van der Waals surface area contributed by atoms with E-state index in [0.717, 1.165) is 25.1 Å². The van der Waals surface area contributed by atoms with Gasteiger partial charge in [0.15, 0.2) is 0 Å². The molecule has 84 valence electrons. The molecule has 1 rings (SSSR count). The van der Waals surface area contributed by atoms with Crippen LogP contribution in [-0.4, -0.2) is 27.4 Å². The van der Waals surface area contributed by atoms with Crippen LogP contribution in [0.5, 0.6) is 0 Å². The predicted octanol–water partition coefficient (Wildman–Crippen LogP) is 0.0363. The molecule has 0 fully saturated rings. The van der Waals surface area contributed by atoms with Crippen LogP contribution in [0.15, 0.2) is 17.5 Å². The van der Waals surface area contributed by atoms with Gasteiger partial charge in [0, 0.05) is 31.8 Å². The first-order chi connectivity index (χ1) is 7.22. The molecule has 0 aliphatic rings. The number of nitrogens with zero attached hydrogens (tertiary/aromatic N) is 3. The van der Waals surface area contributed by atoms with Crippen molar-refractivity contribution in [2.24, 2.45) is 17.9 Å². The highest BCUT2D eigenvalue weighted by atomic mass is 16.4. The minimum Gasteiger partial charge on any atom is -0.409 e. The van der Waals surface area contributed by atoms with E-state index in [1.165, 1.54) is 0 Å². The second-order valence-corrected chi connectivity index (χ2v) is 3.39. The van der Waals surface area contributed by atoms with Gasteiger partial charge in [0.1, 0.15) is 5.84 Å². The van der Waals surface area contributed by atoms with Crippen LogP contribution in [-0.2, 0) is 13.6 Å². The fourth-order valence-corrected chi connectivity index (χ4v) is 1.24. The van der Waals surface area contributed by atoms with E-state index in [0.29, 0.717) is 6.42 Å². The van der Waals surface area contributed by atoms with Crippen LogP contribution in [0, 0.1) is 0 Å². The standard InChI is InChI=1S/C9H17N5O/c1-14-7-8(6-12-14)5-11-4-2-3-9(10)13-15/h6-7,11,15H,2-5H2,1H3,(H2,10,13). The molecule has 0 bridgehead atoms. The summed E-state index contributed by atoms with van der Waals surface area (Å²) in [5.74, 6) is 0.276. The number of aromatic nitrogens is 2. The summed E-state index contributed by atoms with van der Waals surface area (Å²) in [7, 11) is 1.89. The van der Waals surface area contributed by atoms with Crippen molar-refractivity contribution in [3.05, 3.63) is 18.0 Å². The summed E-state index contributed by atoms with van der Waals surface area (Å²) in [4.78, 5) is 0. The number of hydrogen-bond donors (Lipinski definition) is 3. The van der Waals surface area contributed by atoms with E-state index in [1.807, 2.05) is 19.4 Å². The van der Waals surface area contributed by atoms with Crippen molar-refractivity contribution in [3.8, 4) is 0 Å². The lowest BCUT2D eigenvalue weighted by atomic mass is 10.3. The van der Waals surface area contributed by atoms with Crippen molar-refractivity contribution in [1.82, 2.24) is 15.1 Å². The number of amidine groups is 1. The molecule has 0 saturated heterocycles. The Balaban J connectivity index is 2.07. The molecule has 6 nitrogen and oxygen atoms in total. The third-order valence-electron chi connectivity index (χ3n) is 2.00. The Kier molecular flexibility index (Phi) is 4.62. The van der Waals surface area contributed by atoms with Crippen LogP contribution < -0.4 is 11.1 Å². The molecule has 0 unspecified atom stereocenters. The maximum Gasteiger partial charge on any atom is 0.139 e. The SMILES string of the molecule is Cn1cc(CNCCCC(N)=NO)cn1. The lowest BCUT2D eigenvalue weighted by molar-refractivity contribution is 0.316. The summed E-state index contributed by atoms with van der Waals surface area (Å²) < 4.78 is 1.77. The van der Waals surface area contributed by atoms with Gasteiger partial charge in [0.25, 0.3) is 0 Å². The van der Waals surface area contributed by atoms with Gasteiger partial charge in [-0.15, -0.1) is 0 Å². The molecular formula is C9H17N5O. The quantitative estimate of drug-likeness (QED) is 0.204. The van der Waals surface area contributed by atoms with Gasteiger partial charge in [-0.3, -0.25) is 4.68 Å². The normalized spacial score (nSPS) is 11.9. The van der Waals surface area contributed by atoms with E-state index in [2.05, 4.69) is 15.6 Å². The number of hydrogen-bond acceptors (Lipinski definition) is 4. The highest BCUT2D eigenvalue weighted by Gasteiger charge is 1.96. The molecular weight excluding hydrogens is 194 g/mol. The number of aryl methyl sites for hydroxylation is 1.